The van der Waals surface area contributed by atoms with Gasteiger partial charge in [0.1, 0.15) is 0 Å². The summed E-state index contributed by atoms with van der Waals surface area (Å²) >= 11 is 0. The largest absolute Gasteiger partial charge is 0.374 e. The van der Waals surface area contributed by atoms with Crippen molar-refractivity contribution >= 4 is 0 Å². The molecule has 0 bridgehead atoms. The van der Waals surface area contributed by atoms with Gasteiger partial charge in [0, 0.05) is 6.08 Å². The Balaban J connectivity index is 1.74. The van der Waals surface area contributed by atoms with E-state index in [2.05, 4.69) is 6.07 Å². The van der Waals surface area contributed by atoms with Crippen molar-refractivity contribution in [1.82, 2.24) is 0 Å². The zero-order chi connectivity index (χ0) is 14.2. The molecular weight excluding hydrogens is 248 g/mol. The van der Waals surface area contributed by atoms with Gasteiger partial charge < -0.3 is 4.74 Å². The van der Waals surface area contributed by atoms with Gasteiger partial charge in [-0.25, -0.2) is 0 Å². The van der Waals surface area contributed by atoms with Crippen LogP contribution < -0.4 is 0 Å². The standard InChI is InChI=1S/C17H18N2O/c18-11-1-2-14-7-9-17(10-8-14)20-13-16-5-3-15(12-19)4-6-16/h1-6,14,17H,7-10,13H2/b2-1+. The molecule has 0 N–H and O–H groups in total. The average Bonchev–Trinajstić information content (AvgIpc) is 2.52. The molecule has 3 heteroatoms. The second-order valence-corrected chi connectivity index (χ2v) is 5.14. The first-order chi connectivity index (χ1) is 9.81. The van der Waals surface area contributed by atoms with Crippen molar-refractivity contribution in [2.75, 3.05) is 0 Å². The van der Waals surface area contributed by atoms with Crippen LogP contribution in [0.4, 0.5) is 0 Å². The molecular formula is C17H18N2O. The van der Waals surface area contributed by atoms with Gasteiger partial charge in [-0.2, -0.15) is 10.5 Å². The molecule has 0 amide bonds. The zero-order valence-corrected chi connectivity index (χ0v) is 11.5. The lowest BCUT2D eigenvalue weighted by molar-refractivity contribution is 0.0110. The normalized spacial score (nSPS) is 22.3. The van der Waals surface area contributed by atoms with E-state index in [1.807, 2.05) is 36.4 Å². The second-order valence-electron chi connectivity index (χ2n) is 5.14. The number of hydrogen-bond donors (Lipinski definition) is 0. The van der Waals surface area contributed by atoms with E-state index in [9.17, 15) is 0 Å². The Labute approximate surface area is 120 Å². The molecule has 0 spiro atoms. The first-order valence-corrected chi connectivity index (χ1v) is 6.98. The third-order valence-corrected chi connectivity index (χ3v) is 3.73. The molecule has 102 valence electrons. The molecule has 1 aliphatic rings. The third kappa shape index (κ3) is 4.23. The number of allylic oxidation sites excluding steroid dienone is 2. The van der Waals surface area contributed by atoms with E-state index in [-0.39, 0.29) is 0 Å². The fourth-order valence-electron chi connectivity index (χ4n) is 2.52. The second kappa shape index (κ2) is 7.48. The summed E-state index contributed by atoms with van der Waals surface area (Å²) in [7, 11) is 0. The number of benzene rings is 1. The Morgan fingerprint density at radius 2 is 1.80 bits per heavy atom. The van der Waals surface area contributed by atoms with Gasteiger partial charge in [-0.3, -0.25) is 0 Å². The Hall–Kier alpha value is -2.10. The van der Waals surface area contributed by atoms with Crippen molar-refractivity contribution in [1.29, 1.82) is 10.5 Å². The first kappa shape index (κ1) is 14.3. The van der Waals surface area contributed by atoms with Crippen molar-refractivity contribution in [2.24, 2.45) is 5.92 Å². The van der Waals surface area contributed by atoms with Crippen molar-refractivity contribution in [3.05, 3.63) is 47.5 Å². The maximum atomic E-state index is 8.74. The maximum Gasteiger partial charge on any atom is 0.0991 e. The van der Waals surface area contributed by atoms with E-state index < -0.39 is 0 Å². The van der Waals surface area contributed by atoms with Crippen LogP contribution in [0.2, 0.25) is 0 Å². The van der Waals surface area contributed by atoms with Crippen LogP contribution in [-0.2, 0) is 11.3 Å². The lowest BCUT2D eigenvalue weighted by Gasteiger charge is -2.26. The maximum absolute atomic E-state index is 8.74. The Bertz CT molecular complexity index is 526. The molecule has 0 aliphatic heterocycles. The zero-order valence-electron chi connectivity index (χ0n) is 11.5. The highest BCUT2D eigenvalue weighted by Crippen LogP contribution is 2.27. The fraction of sp³-hybridized carbons (Fsp3) is 0.412. The molecule has 3 nitrogen and oxygen atoms in total. The monoisotopic (exact) mass is 266 g/mol. The summed E-state index contributed by atoms with van der Waals surface area (Å²) in [6.07, 6.45) is 8.21. The minimum absolute atomic E-state index is 0.317. The summed E-state index contributed by atoms with van der Waals surface area (Å²) in [6, 6.07) is 11.7. The van der Waals surface area contributed by atoms with Crippen LogP contribution in [0.3, 0.4) is 0 Å². The molecule has 0 aromatic heterocycles. The van der Waals surface area contributed by atoms with Gasteiger partial charge in [-0.05, 0) is 49.3 Å². The molecule has 2 rings (SSSR count). The average molecular weight is 266 g/mol. The van der Waals surface area contributed by atoms with Crippen LogP contribution >= 0.6 is 0 Å². The Morgan fingerprint density at radius 3 is 2.40 bits per heavy atom. The predicted octanol–water partition coefficient (Wildman–Crippen LogP) is 3.71. The summed E-state index contributed by atoms with van der Waals surface area (Å²) < 4.78 is 5.92. The lowest BCUT2D eigenvalue weighted by Crippen LogP contribution is -2.20. The van der Waals surface area contributed by atoms with Gasteiger partial charge in [0.05, 0.1) is 30.4 Å². The van der Waals surface area contributed by atoms with Gasteiger partial charge in [0.25, 0.3) is 0 Å². The number of nitrogens with zero attached hydrogens (tertiary/aromatic N) is 2. The topological polar surface area (TPSA) is 56.8 Å². The van der Waals surface area contributed by atoms with Gasteiger partial charge >= 0.3 is 0 Å². The van der Waals surface area contributed by atoms with E-state index in [0.29, 0.717) is 24.2 Å². The van der Waals surface area contributed by atoms with Crippen LogP contribution in [0, 0.1) is 28.6 Å². The van der Waals surface area contributed by atoms with Crippen LogP contribution in [0.5, 0.6) is 0 Å². The Kier molecular flexibility index (Phi) is 5.35. The highest BCUT2D eigenvalue weighted by Gasteiger charge is 2.19. The van der Waals surface area contributed by atoms with E-state index in [1.165, 1.54) is 0 Å². The molecule has 0 radical (unpaired) electrons. The summed E-state index contributed by atoms with van der Waals surface area (Å²) in [6.45, 7) is 0.606. The molecule has 0 saturated heterocycles. The minimum Gasteiger partial charge on any atom is -0.374 e. The van der Waals surface area contributed by atoms with E-state index in [1.54, 1.807) is 6.08 Å². The Morgan fingerprint density at radius 1 is 1.10 bits per heavy atom. The summed E-state index contributed by atoms with van der Waals surface area (Å²) in [5.74, 6) is 0.532. The molecule has 1 aromatic carbocycles. The predicted molar refractivity (Wildman–Crippen MR) is 76.4 cm³/mol. The molecule has 1 aromatic rings. The van der Waals surface area contributed by atoms with Crippen molar-refractivity contribution in [3.63, 3.8) is 0 Å². The highest BCUT2D eigenvalue weighted by molar-refractivity contribution is 5.31. The van der Waals surface area contributed by atoms with Crippen LogP contribution in [-0.4, -0.2) is 6.10 Å². The van der Waals surface area contributed by atoms with Crippen LogP contribution in [0.15, 0.2) is 36.4 Å². The third-order valence-electron chi connectivity index (χ3n) is 3.73. The molecule has 0 unspecified atom stereocenters. The quantitative estimate of drug-likeness (QED) is 0.780. The molecule has 0 atom stereocenters. The van der Waals surface area contributed by atoms with Gasteiger partial charge in [-0.1, -0.05) is 18.2 Å². The molecule has 1 saturated carbocycles. The summed E-state index contributed by atoms with van der Waals surface area (Å²) in [5, 5.41) is 17.3. The van der Waals surface area contributed by atoms with Gasteiger partial charge in [-0.15, -0.1) is 0 Å². The van der Waals surface area contributed by atoms with Crippen molar-refractivity contribution < 1.29 is 4.74 Å². The lowest BCUT2D eigenvalue weighted by atomic mass is 9.87. The van der Waals surface area contributed by atoms with Crippen LogP contribution in [0.1, 0.15) is 36.8 Å². The van der Waals surface area contributed by atoms with E-state index in [0.717, 1.165) is 31.2 Å². The molecule has 0 heterocycles. The number of rotatable bonds is 4. The number of ether oxygens (including phenoxy) is 1. The van der Waals surface area contributed by atoms with E-state index >= 15 is 0 Å². The smallest absolute Gasteiger partial charge is 0.0991 e. The number of nitriles is 2. The molecule has 1 fully saturated rings. The van der Waals surface area contributed by atoms with Crippen LogP contribution in [0.25, 0.3) is 0 Å². The van der Waals surface area contributed by atoms with Crippen molar-refractivity contribution in [3.8, 4) is 12.1 Å². The first-order valence-electron chi connectivity index (χ1n) is 6.98. The van der Waals surface area contributed by atoms with Gasteiger partial charge in [0.2, 0.25) is 0 Å². The van der Waals surface area contributed by atoms with E-state index in [4.69, 9.17) is 15.3 Å². The minimum atomic E-state index is 0.317. The van der Waals surface area contributed by atoms with Gasteiger partial charge in [0.15, 0.2) is 0 Å². The fourth-order valence-corrected chi connectivity index (χ4v) is 2.52. The SMILES string of the molecule is N#C/C=C/C1CCC(OCc2ccc(C#N)cc2)CC1. The molecule has 1 aliphatic carbocycles. The molecule has 20 heavy (non-hydrogen) atoms. The summed E-state index contributed by atoms with van der Waals surface area (Å²) in [5.41, 5.74) is 1.79. The number of hydrogen-bond acceptors (Lipinski definition) is 3. The van der Waals surface area contributed by atoms with Crippen molar-refractivity contribution in [2.45, 2.75) is 38.4 Å². The summed E-state index contributed by atoms with van der Waals surface area (Å²) in [4.78, 5) is 0. The highest BCUT2D eigenvalue weighted by atomic mass is 16.5.